The summed E-state index contributed by atoms with van der Waals surface area (Å²) in [6.45, 7) is 3.03. The number of nitrogens with zero attached hydrogens (tertiary/aromatic N) is 2. The molecule has 1 N–H and O–H groups in total. The molecule has 0 unspecified atom stereocenters. The molecule has 0 radical (unpaired) electrons. The third-order valence-corrected chi connectivity index (χ3v) is 4.56. The van der Waals surface area contributed by atoms with Gasteiger partial charge >= 0.3 is 0 Å². The zero-order valence-corrected chi connectivity index (χ0v) is 13.2. The molecule has 1 atom stereocenters. The van der Waals surface area contributed by atoms with Gasteiger partial charge in [0, 0.05) is 19.0 Å². The topological polar surface area (TPSA) is 75.2 Å². The number of carbonyl (C=O) groups is 1. The summed E-state index contributed by atoms with van der Waals surface area (Å²) < 4.78 is 1.25. The first-order chi connectivity index (χ1) is 11.1. The smallest absolute Gasteiger partial charge is 0.273 e. The van der Waals surface area contributed by atoms with Crippen LogP contribution in [0.4, 0.5) is 0 Å². The molecule has 3 rings (SSSR count). The van der Waals surface area contributed by atoms with Crippen LogP contribution in [0.25, 0.3) is 10.8 Å². The molecular weight excluding hydrogens is 294 g/mol. The zero-order valence-electron chi connectivity index (χ0n) is 13.2. The Labute approximate surface area is 133 Å². The van der Waals surface area contributed by atoms with Crippen molar-refractivity contribution < 1.29 is 4.79 Å². The molecule has 1 saturated heterocycles. The first kappa shape index (κ1) is 15.5. The van der Waals surface area contributed by atoms with Crippen LogP contribution in [-0.2, 0) is 11.3 Å². The molecule has 0 bridgehead atoms. The normalized spacial score (nSPS) is 18.3. The number of H-pyrrole nitrogens is 1. The quantitative estimate of drug-likeness (QED) is 0.932. The van der Waals surface area contributed by atoms with Crippen LogP contribution in [0.5, 0.6) is 0 Å². The second-order valence-electron chi connectivity index (χ2n) is 6.13. The number of carbonyl (C=O) groups excluding carboxylic acids is 1. The molecule has 1 aliphatic heterocycles. The number of piperidine rings is 1. The molecule has 2 heterocycles. The number of hydrogen-bond donors (Lipinski definition) is 1. The zero-order chi connectivity index (χ0) is 16.4. The number of nitrogens with one attached hydrogen (secondary N) is 1. The maximum atomic E-state index is 12.4. The van der Waals surface area contributed by atoms with Gasteiger partial charge in [0.05, 0.1) is 17.3 Å². The minimum Gasteiger partial charge on any atom is -0.340 e. The number of amides is 1. The summed E-state index contributed by atoms with van der Waals surface area (Å²) in [6, 6.07) is 6.97. The lowest BCUT2D eigenvalue weighted by Gasteiger charge is -2.33. The van der Waals surface area contributed by atoms with Crippen molar-refractivity contribution in [2.24, 2.45) is 0 Å². The average molecular weight is 315 g/mol. The van der Waals surface area contributed by atoms with Crippen molar-refractivity contribution in [1.82, 2.24) is 14.7 Å². The third-order valence-electron chi connectivity index (χ3n) is 4.56. The van der Waals surface area contributed by atoms with Gasteiger partial charge < -0.3 is 4.90 Å². The highest BCUT2D eigenvalue weighted by atomic mass is 16.2. The number of aromatic amines is 1. The number of fused-ring (bicyclic) bond motifs is 1. The van der Waals surface area contributed by atoms with Gasteiger partial charge in [0.25, 0.3) is 11.1 Å². The van der Waals surface area contributed by atoms with E-state index in [2.05, 4.69) is 12.0 Å². The Balaban J connectivity index is 1.80. The highest BCUT2D eigenvalue weighted by molar-refractivity contribution is 5.80. The van der Waals surface area contributed by atoms with Crippen LogP contribution < -0.4 is 11.1 Å². The number of benzene rings is 1. The Bertz CT molecular complexity index is 837. The SMILES string of the molecule is C[C@@H]1CCCCN1C(=O)CCn1[nH]c(=O)c2ccccc2c1=O. The monoisotopic (exact) mass is 315 g/mol. The molecule has 122 valence electrons. The summed E-state index contributed by atoms with van der Waals surface area (Å²) >= 11 is 0. The fourth-order valence-electron chi connectivity index (χ4n) is 3.22. The Morgan fingerprint density at radius 1 is 1.22 bits per heavy atom. The molecule has 1 aliphatic rings. The molecule has 6 heteroatoms. The Kier molecular flexibility index (Phi) is 4.32. The summed E-state index contributed by atoms with van der Waals surface area (Å²) in [5, 5.41) is 3.33. The van der Waals surface area contributed by atoms with Crippen LogP contribution in [0.3, 0.4) is 0 Å². The molecule has 1 aromatic heterocycles. The predicted molar refractivity (Wildman–Crippen MR) is 88.5 cm³/mol. The maximum Gasteiger partial charge on any atom is 0.273 e. The minimum absolute atomic E-state index is 0.0399. The number of rotatable bonds is 3. The van der Waals surface area contributed by atoms with E-state index in [0.29, 0.717) is 10.8 Å². The van der Waals surface area contributed by atoms with Gasteiger partial charge in [-0.05, 0) is 38.3 Å². The fourth-order valence-corrected chi connectivity index (χ4v) is 3.22. The van der Waals surface area contributed by atoms with Crippen molar-refractivity contribution in [3.63, 3.8) is 0 Å². The molecule has 0 saturated carbocycles. The van der Waals surface area contributed by atoms with Gasteiger partial charge in [0.1, 0.15) is 0 Å². The number of aryl methyl sites for hydroxylation is 1. The maximum absolute atomic E-state index is 12.4. The number of likely N-dealkylation sites (tertiary alicyclic amines) is 1. The molecular formula is C17H21N3O3. The molecule has 0 spiro atoms. The van der Waals surface area contributed by atoms with Crippen LogP contribution in [0.15, 0.2) is 33.9 Å². The van der Waals surface area contributed by atoms with E-state index in [1.807, 2.05) is 4.90 Å². The third kappa shape index (κ3) is 3.06. The average Bonchev–Trinajstić information content (AvgIpc) is 2.57. The Morgan fingerprint density at radius 3 is 2.70 bits per heavy atom. The summed E-state index contributed by atoms with van der Waals surface area (Å²) in [6.07, 6.45) is 3.43. The van der Waals surface area contributed by atoms with Crippen LogP contribution >= 0.6 is 0 Å². The molecule has 6 nitrogen and oxygen atoms in total. The van der Waals surface area contributed by atoms with Gasteiger partial charge in [-0.25, -0.2) is 4.68 Å². The molecule has 1 fully saturated rings. The molecule has 0 aliphatic carbocycles. The van der Waals surface area contributed by atoms with Gasteiger partial charge in [-0.2, -0.15) is 0 Å². The van der Waals surface area contributed by atoms with Crippen molar-refractivity contribution in [3.8, 4) is 0 Å². The molecule has 1 amide bonds. The van der Waals surface area contributed by atoms with Crippen LogP contribution in [-0.4, -0.2) is 33.2 Å². The second kappa shape index (κ2) is 6.40. The van der Waals surface area contributed by atoms with E-state index in [1.54, 1.807) is 24.3 Å². The second-order valence-corrected chi connectivity index (χ2v) is 6.13. The Hall–Kier alpha value is -2.37. The van der Waals surface area contributed by atoms with Gasteiger partial charge in [-0.1, -0.05) is 12.1 Å². The standard InChI is InChI=1S/C17H21N3O3/c1-12-6-4-5-10-19(12)15(21)9-11-20-17(23)14-8-3-2-7-13(14)16(22)18-20/h2-3,7-8,12H,4-6,9-11H2,1H3,(H,18,22)/t12-/m1/s1. The van der Waals surface area contributed by atoms with Gasteiger partial charge in [-0.15, -0.1) is 0 Å². The van der Waals surface area contributed by atoms with E-state index in [4.69, 9.17) is 0 Å². The lowest BCUT2D eigenvalue weighted by molar-refractivity contribution is -0.134. The number of hydrogen-bond acceptors (Lipinski definition) is 3. The minimum atomic E-state index is -0.306. The summed E-state index contributed by atoms with van der Waals surface area (Å²) in [7, 11) is 0. The summed E-state index contributed by atoms with van der Waals surface area (Å²) in [5.74, 6) is 0.0399. The van der Waals surface area contributed by atoms with Crippen molar-refractivity contribution in [2.45, 2.75) is 45.2 Å². The largest absolute Gasteiger partial charge is 0.340 e. The number of aromatic nitrogens is 2. The van der Waals surface area contributed by atoms with Crippen molar-refractivity contribution >= 4 is 16.7 Å². The lowest BCUT2D eigenvalue weighted by atomic mass is 10.0. The highest BCUT2D eigenvalue weighted by Crippen LogP contribution is 2.17. The van der Waals surface area contributed by atoms with Gasteiger partial charge in [0.2, 0.25) is 5.91 Å². The first-order valence-corrected chi connectivity index (χ1v) is 8.09. The van der Waals surface area contributed by atoms with Crippen LogP contribution in [0, 0.1) is 0 Å². The van der Waals surface area contributed by atoms with Crippen LogP contribution in [0.1, 0.15) is 32.6 Å². The van der Waals surface area contributed by atoms with E-state index in [0.717, 1.165) is 25.8 Å². The summed E-state index contributed by atoms with van der Waals surface area (Å²) in [5.41, 5.74) is -0.571. The highest BCUT2D eigenvalue weighted by Gasteiger charge is 2.22. The Morgan fingerprint density at radius 2 is 1.96 bits per heavy atom. The van der Waals surface area contributed by atoms with E-state index in [1.165, 1.54) is 4.68 Å². The molecule has 2 aromatic rings. The summed E-state index contributed by atoms with van der Waals surface area (Å²) in [4.78, 5) is 38.7. The van der Waals surface area contributed by atoms with Crippen molar-refractivity contribution in [3.05, 3.63) is 45.0 Å². The van der Waals surface area contributed by atoms with E-state index in [9.17, 15) is 14.4 Å². The predicted octanol–water partition coefficient (Wildman–Crippen LogP) is 1.48. The molecule has 23 heavy (non-hydrogen) atoms. The van der Waals surface area contributed by atoms with Gasteiger partial charge in [-0.3, -0.25) is 19.5 Å². The van der Waals surface area contributed by atoms with Crippen molar-refractivity contribution in [2.75, 3.05) is 6.54 Å². The van der Waals surface area contributed by atoms with Crippen LogP contribution in [0.2, 0.25) is 0 Å². The van der Waals surface area contributed by atoms with E-state index >= 15 is 0 Å². The van der Waals surface area contributed by atoms with E-state index < -0.39 is 0 Å². The van der Waals surface area contributed by atoms with E-state index in [-0.39, 0.29) is 36.0 Å². The first-order valence-electron chi connectivity index (χ1n) is 8.09. The van der Waals surface area contributed by atoms with Gasteiger partial charge in [0.15, 0.2) is 0 Å². The fraction of sp³-hybridized carbons (Fsp3) is 0.471. The molecule has 1 aromatic carbocycles. The lowest BCUT2D eigenvalue weighted by Crippen LogP contribution is -2.42. The van der Waals surface area contributed by atoms with Crippen molar-refractivity contribution in [1.29, 1.82) is 0 Å².